The van der Waals surface area contributed by atoms with E-state index in [1.54, 1.807) is 0 Å². The molecule has 0 spiro atoms. The molecular weight excluding hydrogens is 499 g/mol. The zero-order chi connectivity index (χ0) is 19.6. The Bertz CT molecular complexity index is 603. The SMILES string of the molecule is CCNC(=NCC(c1ccc(C)s1)N1CCOCC1)NCCCOCC1CC1.I. The maximum Gasteiger partial charge on any atom is 0.191 e. The lowest BCUT2D eigenvalue weighted by Crippen LogP contribution is -2.41. The lowest BCUT2D eigenvalue weighted by atomic mass is 10.2. The Morgan fingerprint density at radius 3 is 2.76 bits per heavy atom. The minimum atomic E-state index is 0. The number of aryl methyl sites for hydroxylation is 1. The van der Waals surface area contributed by atoms with Gasteiger partial charge in [-0.3, -0.25) is 9.89 Å². The minimum Gasteiger partial charge on any atom is -0.381 e. The molecule has 6 nitrogen and oxygen atoms in total. The standard InChI is InChI=1S/C21H36N4O2S.HI/c1-3-22-21(23-9-4-12-27-16-18-6-7-18)24-15-19(20-8-5-17(2)28-20)25-10-13-26-14-11-25;/h5,8,18-19H,3-4,6-7,9-16H2,1-2H3,(H2,22,23,24);1H. The van der Waals surface area contributed by atoms with E-state index in [-0.39, 0.29) is 24.0 Å². The van der Waals surface area contributed by atoms with Gasteiger partial charge >= 0.3 is 0 Å². The normalized spacial score (nSPS) is 18.9. The first-order chi connectivity index (χ1) is 13.8. The molecule has 1 unspecified atom stereocenters. The third kappa shape index (κ3) is 9.08. The molecule has 2 heterocycles. The summed E-state index contributed by atoms with van der Waals surface area (Å²) in [7, 11) is 0. The topological polar surface area (TPSA) is 58.1 Å². The van der Waals surface area contributed by atoms with E-state index in [4.69, 9.17) is 14.5 Å². The molecule has 0 aromatic carbocycles. The summed E-state index contributed by atoms with van der Waals surface area (Å²) < 4.78 is 11.3. The Hall–Kier alpha value is -0.420. The van der Waals surface area contributed by atoms with E-state index in [2.05, 4.69) is 41.5 Å². The average Bonchev–Trinajstić information content (AvgIpc) is 3.44. The van der Waals surface area contributed by atoms with Crippen LogP contribution in [0.5, 0.6) is 0 Å². The molecule has 166 valence electrons. The number of halogens is 1. The third-order valence-corrected chi connectivity index (χ3v) is 6.25. The average molecular weight is 537 g/mol. The summed E-state index contributed by atoms with van der Waals surface area (Å²) in [5, 5.41) is 6.83. The van der Waals surface area contributed by atoms with E-state index in [0.29, 0.717) is 6.04 Å². The van der Waals surface area contributed by atoms with Crippen LogP contribution in [0.3, 0.4) is 0 Å². The van der Waals surface area contributed by atoms with Gasteiger partial charge in [0.05, 0.1) is 25.8 Å². The molecule has 0 bridgehead atoms. The molecule has 29 heavy (non-hydrogen) atoms. The zero-order valence-electron chi connectivity index (χ0n) is 17.8. The highest BCUT2D eigenvalue weighted by Crippen LogP contribution is 2.29. The molecule has 2 N–H and O–H groups in total. The van der Waals surface area contributed by atoms with Crippen molar-refractivity contribution in [2.45, 2.75) is 39.2 Å². The molecule has 3 rings (SSSR count). The minimum absolute atomic E-state index is 0. The highest BCUT2D eigenvalue weighted by molar-refractivity contribution is 14.0. The van der Waals surface area contributed by atoms with Crippen LogP contribution in [-0.2, 0) is 9.47 Å². The second kappa shape index (κ2) is 13.8. The van der Waals surface area contributed by atoms with E-state index >= 15 is 0 Å². The van der Waals surface area contributed by atoms with Crippen LogP contribution in [0.2, 0.25) is 0 Å². The van der Waals surface area contributed by atoms with E-state index in [1.165, 1.54) is 22.6 Å². The van der Waals surface area contributed by atoms with Crippen molar-refractivity contribution in [1.82, 2.24) is 15.5 Å². The van der Waals surface area contributed by atoms with Gasteiger partial charge in [0, 0.05) is 49.1 Å². The van der Waals surface area contributed by atoms with Crippen molar-refractivity contribution in [3.05, 3.63) is 21.9 Å². The van der Waals surface area contributed by atoms with Gasteiger partial charge in [0.1, 0.15) is 0 Å². The van der Waals surface area contributed by atoms with Crippen LogP contribution >= 0.6 is 35.3 Å². The fourth-order valence-electron chi connectivity index (χ4n) is 3.34. The summed E-state index contributed by atoms with van der Waals surface area (Å²) in [4.78, 5) is 10.2. The van der Waals surface area contributed by atoms with Gasteiger partial charge in [-0.15, -0.1) is 35.3 Å². The number of rotatable bonds is 11. The van der Waals surface area contributed by atoms with Gasteiger partial charge in [0.15, 0.2) is 5.96 Å². The van der Waals surface area contributed by atoms with Gasteiger partial charge in [-0.05, 0) is 51.2 Å². The second-order valence-corrected chi connectivity index (χ2v) is 8.95. The first-order valence-corrected chi connectivity index (χ1v) is 11.6. The number of nitrogens with zero attached hydrogens (tertiary/aromatic N) is 2. The summed E-state index contributed by atoms with van der Waals surface area (Å²) >= 11 is 1.88. The molecule has 1 saturated carbocycles. The second-order valence-electron chi connectivity index (χ2n) is 7.63. The highest BCUT2D eigenvalue weighted by atomic mass is 127. The summed E-state index contributed by atoms with van der Waals surface area (Å²) in [6.07, 6.45) is 3.71. The molecule has 0 radical (unpaired) electrons. The summed E-state index contributed by atoms with van der Waals surface area (Å²) in [5.41, 5.74) is 0. The van der Waals surface area contributed by atoms with Crippen molar-refractivity contribution in [3.63, 3.8) is 0 Å². The summed E-state index contributed by atoms with van der Waals surface area (Å²) in [6, 6.07) is 4.79. The molecular formula is C21H37IN4O2S. The Labute approximate surface area is 196 Å². The van der Waals surface area contributed by atoms with Gasteiger partial charge in [-0.2, -0.15) is 0 Å². The van der Waals surface area contributed by atoms with Crippen molar-refractivity contribution in [2.75, 3.05) is 59.2 Å². The molecule has 0 amide bonds. The lowest BCUT2D eigenvalue weighted by molar-refractivity contribution is 0.0186. The Morgan fingerprint density at radius 2 is 2.10 bits per heavy atom. The Kier molecular flexibility index (Phi) is 11.8. The monoisotopic (exact) mass is 536 g/mol. The van der Waals surface area contributed by atoms with E-state index < -0.39 is 0 Å². The molecule has 1 aromatic heterocycles. The molecule has 1 aliphatic carbocycles. The van der Waals surface area contributed by atoms with Crippen molar-refractivity contribution < 1.29 is 9.47 Å². The molecule has 1 aromatic rings. The van der Waals surface area contributed by atoms with Crippen LogP contribution in [0.4, 0.5) is 0 Å². The van der Waals surface area contributed by atoms with Crippen molar-refractivity contribution in [2.24, 2.45) is 10.9 Å². The number of morpholine rings is 1. The molecule has 1 saturated heterocycles. The Balaban J connectivity index is 0.00000300. The van der Waals surface area contributed by atoms with Gasteiger partial charge in [0.2, 0.25) is 0 Å². The van der Waals surface area contributed by atoms with Crippen molar-refractivity contribution >= 4 is 41.3 Å². The fourth-order valence-corrected chi connectivity index (χ4v) is 4.35. The molecule has 1 atom stereocenters. The molecule has 2 aliphatic rings. The van der Waals surface area contributed by atoms with Gasteiger partial charge in [-0.1, -0.05) is 0 Å². The van der Waals surface area contributed by atoms with Crippen LogP contribution in [0, 0.1) is 12.8 Å². The number of thiophene rings is 1. The Morgan fingerprint density at radius 1 is 1.31 bits per heavy atom. The lowest BCUT2D eigenvalue weighted by Gasteiger charge is -2.33. The van der Waals surface area contributed by atoms with E-state index in [9.17, 15) is 0 Å². The zero-order valence-corrected chi connectivity index (χ0v) is 21.0. The van der Waals surface area contributed by atoms with Crippen molar-refractivity contribution in [1.29, 1.82) is 0 Å². The number of nitrogens with one attached hydrogen (secondary N) is 2. The number of guanidine groups is 1. The maximum atomic E-state index is 5.72. The van der Waals surface area contributed by atoms with Gasteiger partial charge in [-0.25, -0.2) is 0 Å². The highest BCUT2D eigenvalue weighted by Gasteiger charge is 2.24. The van der Waals surface area contributed by atoms with Crippen LogP contribution in [0.15, 0.2) is 17.1 Å². The summed E-state index contributed by atoms with van der Waals surface area (Å²) in [6.45, 7) is 12.1. The fraction of sp³-hybridized carbons (Fsp3) is 0.762. The first kappa shape index (κ1) is 24.8. The smallest absolute Gasteiger partial charge is 0.191 e. The first-order valence-electron chi connectivity index (χ1n) is 10.7. The van der Waals surface area contributed by atoms with E-state index in [1.807, 2.05) is 11.3 Å². The number of hydrogen-bond donors (Lipinski definition) is 2. The van der Waals surface area contributed by atoms with Crippen LogP contribution in [-0.4, -0.2) is 70.0 Å². The number of hydrogen-bond acceptors (Lipinski definition) is 5. The summed E-state index contributed by atoms with van der Waals surface area (Å²) in [5.74, 6) is 1.74. The largest absolute Gasteiger partial charge is 0.381 e. The van der Waals surface area contributed by atoms with Gasteiger partial charge in [0.25, 0.3) is 0 Å². The van der Waals surface area contributed by atoms with Crippen LogP contribution in [0.1, 0.15) is 42.0 Å². The predicted octanol–water partition coefficient (Wildman–Crippen LogP) is 3.42. The predicted molar refractivity (Wildman–Crippen MR) is 132 cm³/mol. The molecule has 2 fully saturated rings. The quantitative estimate of drug-likeness (QED) is 0.197. The number of aliphatic imine (C=N–C) groups is 1. The molecule has 8 heteroatoms. The van der Waals surface area contributed by atoms with Crippen LogP contribution < -0.4 is 10.6 Å². The van der Waals surface area contributed by atoms with Crippen molar-refractivity contribution in [3.8, 4) is 0 Å². The van der Waals surface area contributed by atoms with Crippen LogP contribution in [0.25, 0.3) is 0 Å². The van der Waals surface area contributed by atoms with E-state index in [0.717, 1.165) is 77.4 Å². The third-order valence-electron chi connectivity index (χ3n) is 5.15. The maximum absolute atomic E-state index is 5.72. The van der Waals surface area contributed by atoms with Gasteiger partial charge < -0.3 is 20.1 Å². The number of ether oxygens (including phenoxy) is 2. The molecule has 1 aliphatic heterocycles.